The number of nitrogens with one attached hydrogen (secondary N) is 2. The third-order valence-electron chi connectivity index (χ3n) is 5.88. The van der Waals surface area contributed by atoms with E-state index in [1.54, 1.807) is 34.4 Å². The molecule has 0 unspecified atom stereocenters. The second kappa shape index (κ2) is 11.0. The van der Waals surface area contributed by atoms with Crippen LogP contribution >= 0.6 is 57.0 Å². The zero-order valence-corrected chi connectivity index (χ0v) is 23.7. The van der Waals surface area contributed by atoms with Crippen LogP contribution in [0.5, 0.6) is 11.5 Å². The Kier molecular flexibility index (Phi) is 7.38. The molecule has 2 N–H and O–H groups in total. The molecule has 182 valence electrons. The first-order valence-electron chi connectivity index (χ1n) is 11.6. The minimum absolute atomic E-state index is 0.516. The average molecular weight is 644 g/mol. The third-order valence-corrected chi connectivity index (χ3v) is 9.72. The number of ether oxygens (including phenoxy) is 1. The van der Waals surface area contributed by atoms with Crippen LogP contribution in [0, 0.1) is 2.88 Å². The number of thiophene rings is 1. The number of nitrogens with zero attached hydrogens (tertiary/aromatic N) is 3. The first kappa shape index (κ1) is 24.1. The topological polar surface area (TPSA) is 72.0 Å². The van der Waals surface area contributed by atoms with Crippen LogP contribution in [0.25, 0.3) is 10.2 Å². The van der Waals surface area contributed by atoms with Gasteiger partial charge in [-0.15, -0.1) is 22.7 Å². The van der Waals surface area contributed by atoms with Gasteiger partial charge in [0.2, 0.25) is 0 Å². The van der Waals surface area contributed by atoms with Crippen LogP contribution in [0.4, 0.5) is 10.9 Å². The van der Waals surface area contributed by atoms with Crippen molar-refractivity contribution in [3.8, 4) is 11.5 Å². The lowest BCUT2D eigenvalue weighted by Gasteiger charge is -2.20. The molecule has 0 aliphatic carbocycles. The van der Waals surface area contributed by atoms with E-state index in [0.717, 1.165) is 57.8 Å². The van der Waals surface area contributed by atoms with Gasteiger partial charge < -0.3 is 15.4 Å². The van der Waals surface area contributed by atoms with Gasteiger partial charge in [0.1, 0.15) is 5.75 Å². The monoisotopic (exact) mass is 643 g/mol. The average Bonchev–Trinajstić information content (AvgIpc) is 3.53. The molecule has 1 saturated heterocycles. The zero-order valence-electron chi connectivity index (χ0n) is 19.1. The van der Waals surface area contributed by atoms with E-state index < -0.39 is 0 Å². The van der Waals surface area contributed by atoms with Crippen LogP contribution < -0.4 is 15.4 Å². The lowest BCUT2D eigenvalue weighted by molar-refractivity contribution is 0.455. The predicted octanol–water partition coefficient (Wildman–Crippen LogP) is 7.91. The third kappa shape index (κ3) is 5.52. The number of thiazole rings is 1. The zero-order chi connectivity index (χ0) is 24.3. The summed E-state index contributed by atoms with van der Waals surface area (Å²) in [5.74, 6) is 2.59. The fourth-order valence-corrected chi connectivity index (χ4v) is 7.71. The molecule has 0 amide bonds. The van der Waals surface area contributed by atoms with E-state index in [1.165, 1.54) is 7.58 Å². The first-order valence-corrected chi connectivity index (χ1v) is 15.2. The number of rotatable bonds is 7. The molecule has 6 rings (SSSR count). The standard InChI is InChI=1S/C26H22IN5OS3/c27-23-13-19-24(36-23)22(8-11-29-19)35-18-12-21(33-17-4-2-1-3-5-17)25(30-14-18)32-26-31-20(15-34-26)16-6-9-28-10-7-16/h1-5,8,11-16,28H,6-7,9-10H2,(H,30,31,32). The molecule has 0 bridgehead atoms. The maximum Gasteiger partial charge on any atom is 0.188 e. The molecule has 0 radical (unpaired) electrons. The van der Waals surface area contributed by atoms with Crippen molar-refractivity contribution >= 4 is 78.2 Å². The van der Waals surface area contributed by atoms with Gasteiger partial charge in [0.05, 0.1) is 18.8 Å². The maximum atomic E-state index is 6.29. The molecule has 1 aliphatic heterocycles. The van der Waals surface area contributed by atoms with Crippen molar-refractivity contribution in [2.24, 2.45) is 0 Å². The molecule has 1 fully saturated rings. The smallest absolute Gasteiger partial charge is 0.188 e. The van der Waals surface area contributed by atoms with Crippen molar-refractivity contribution < 1.29 is 4.74 Å². The Morgan fingerprint density at radius 2 is 1.94 bits per heavy atom. The molecule has 36 heavy (non-hydrogen) atoms. The molecule has 0 atom stereocenters. The minimum atomic E-state index is 0.516. The lowest BCUT2D eigenvalue weighted by Crippen LogP contribution is -2.26. The number of fused-ring (bicyclic) bond motifs is 1. The van der Waals surface area contributed by atoms with Gasteiger partial charge in [-0.05, 0) is 72.8 Å². The summed E-state index contributed by atoms with van der Waals surface area (Å²) < 4.78 is 8.71. The molecule has 10 heteroatoms. The van der Waals surface area contributed by atoms with E-state index in [9.17, 15) is 0 Å². The van der Waals surface area contributed by atoms with Crippen LogP contribution in [-0.4, -0.2) is 28.0 Å². The van der Waals surface area contributed by atoms with Gasteiger partial charge in [-0.2, -0.15) is 0 Å². The highest BCUT2D eigenvalue weighted by Crippen LogP contribution is 2.40. The van der Waals surface area contributed by atoms with Gasteiger partial charge in [-0.25, -0.2) is 9.97 Å². The summed E-state index contributed by atoms with van der Waals surface area (Å²) in [6.07, 6.45) is 6.00. The molecule has 0 saturated carbocycles. The summed E-state index contributed by atoms with van der Waals surface area (Å²) in [6, 6.07) is 16.0. The molecule has 1 aromatic carbocycles. The second-order valence-corrected chi connectivity index (χ2v) is 13.3. The summed E-state index contributed by atoms with van der Waals surface area (Å²) in [7, 11) is 0. The van der Waals surface area contributed by atoms with Crippen molar-refractivity contribution in [1.29, 1.82) is 0 Å². The summed E-state index contributed by atoms with van der Waals surface area (Å²) in [5, 5.41) is 9.83. The first-order chi connectivity index (χ1) is 17.7. The number of benzene rings is 1. The van der Waals surface area contributed by atoms with Gasteiger partial charge >= 0.3 is 0 Å². The van der Waals surface area contributed by atoms with Gasteiger partial charge in [-0.3, -0.25) is 4.98 Å². The lowest BCUT2D eigenvalue weighted by atomic mass is 9.96. The number of pyridine rings is 2. The Morgan fingerprint density at radius 1 is 1.08 bits per heavy atom. The van der Waals surface area contributed by atoms with Crippen molar-refractivity contribution in [3.05, 3.63) is 74.9 Å². The van der Waals surface area contributed by atoms with Gasteiger partial charge in [0, 0.05) is 39.5 Å². The summed E-state index contributed by atoms with van der Waals surface area (Å²) in [5.41, 5.74) is 2.18. The van der Waals surface area contributed by atoms with Gasteiger partial charge in [-0.1, -0.05) is 30.0 Å². The van der Waals surface area contributed by atoms with Crippen LogP contribution in [0.3, 0.4) is 0 Å². The fraction of sp³-hybridized carbons (Fsp3) is 0.192. The van der Waals surface area contributed by atoms with E-state index in [4.69, 9.17) is 14.7 Å². The van der Waals surface area contributed by atoms with E-state index in [0.29, 0.717) is 17.5 Å². The van der Waals surface area contributed by atoms with Crippen LogP contribution in [-0.2, 0) is 0 Å². The van der Waals surface area contributed by atoms with E-state index >= 15 is 0 Å². The van der Waals surface area contributed by atoms with E-state index in [2.05, 4.69) is 55.7 Å². The van der Waals surface area contributed by atoms with E-state index in [-0.39, 0.29) is 0 Å². The van der Waals surface area contributed by atoms with Crippen LogP contribution in [0.2, 0.25) is 0 Å². The molecule has 5 heterocycles. The molecular formula is C26H22IN5OS3. The Balaban J connectivity index is 1.29. The Hall–Kier alpha value is -2.25. The van der Waals surface area contributed by atoms with E-state index in [1.807, 2.05) is 48.8 Å². The quantitative estimate of drug-likeness (QED) is 0.175. The maximum absolute atomic E-state index is 6.29. The normalized spacial score (nSPS) is 14.2. The predicted molar refractivity (Wildman–Crippen MR) is 157 cm³/mol. The summed E-state index contributed by atoms with van der Waals surface area (Å²) >= 11 is 7.39. The largest absolute Gasteiger partial charge is 0.453 e. The fourth-order valence-electron chi connectivity index (χ4n) is 4.11. The molecule has 0 spiro atoms. The van der Waals surface area contributed by atoms with Crippen LogP contribution in [0.15, 0.2) is 76.1 Å². The number of halogens is 1. The molecular weight excluding hydrogens is 621 g/mol. The van der Waals surface area contributed by atoms with Crippen molar-refractivity contribution in [2.75, 3.05) is 18.4 Å². The van der Waals surface area contributed by atoms with Gasteiger partial charge in [0.25, 0.3) is 0 Å². The SMILES string of the molecule is Ic1cc2nccc(Sc3cnc(Nc4nc(C5CCNCC5)cs4)c(Oc4ccccc4)c3)c2s1. The Labute approximate surface area is 235 Å². The molecule has 4 aromatic heterocycles. The highest BCUT2D eigenvalue weighted by molar-refractivity contribution is 14.1. The van der Waals surface area contributed by atoms with Crippen molar-refractivity contribution in [3.63, 3.8) is 0 Å². The number of anilines is 2. The number of piperidine rings is 1. The van der Waals surface area contributed by atoms with Gasteiger partial charge in [0.15, 0.2) is 16.7 Å². The Morgan fingerprint density at radius 3 is 2.81 bits per heavy atom. The van der Waals surface area contributed by atoms with Crippen molar-refractivity contribution in [2.45, 2.75) is 28.6 Å². The summed E-state index contributed by atoms with van der Waals surface area (Å²) in [4.78, 5) is 16.3. The molecule has 6 nitrogen and oxygen atoms in total. The molecule has 5 aromatic rings. The number of para-hydroxylation sites is 1. The number of aromatic nitrogens is 3. The second-order valence-electron chi connectivity index (χ2n) is 8.34. The molecule has 1 aliphatic rings. The highest BCUT2D eigenvalue weighted by atomic mass is 127. The van der Waals surface area contributed by atoms with Crippen LogP contribution in [0.1, 0.15) is 24.5 Å². The Bertz CT molecular complexity index is 1480. The van der Waals surface area contributed by atoms with Crippen molar-refractivity contribution in [1.82, 2.24) is 20.3 Å². The number of hydrogen-bond acceptors (Lipinski definition) is 9. The summed E-state index contributed by atoms with van der Waals surface area (Å²) in [6.45, 7) is 2.10. The number of hydrogen-bond donors (Lipinski definition) is 2. The minimum Gasteiger partial charge on any atom is -0.453 e. The highest BCUT2D eigenvalue weighted by Gasteiger charge is 2.19.